The van der Waals surface area contributed by atoms with Crippen molar-refractivity contribution in [3.05, 3.63) is 29.3 Å². The number of likely N-dealkylation sites (N-methyl/N-ethyl adjacent to an activating group) is 1. The van der Waals surface area contributed by atoms with E-state index in [1.165, 1.54) is 7.11 Å². The van der Waals surface area contributed by atoms with E-state index in [1.807, 2.05) is 45.9 Å². The average Bonchev–Trinajstić information content (AvgIpc) is 2.61. The fourth-order valence-electron chi connectivity index (χ4n) is 2.64. The molecule has 1 rings (SSSR count). The predicted octanol–water partition coefficient (Wildman–Crippen LogP) is 1.88. The molecule has 0 saturated carbocycles. The first-order chi connectivity index (χ1) is 12.7. The molecule has 0 unspecified atom stereocenters. The van der Waals surface area contributed by atoms with Crippen LogP contribution in [0, 0.1) is 19.8 Å². The van der Waals surface area contributed by atoms with Crippen molar-refractivity contribution in [2.45, 2.75) is 40.2 Å². The van der Waals surface area contributed by atoms with Gasteiger partial charge in [0.1, 0.15) is 6.04 Å². The minimum Gasteiger partial charge on any atom is -0.467 e. The lowest BCUT2D eigenvalue weighted by atomic mass is 9.99. The molecule has 2 amide bonds. The Hall–Kier alpha value is -2.41. The third-order valence-corrected chi connectivity index (χ3v) is 4.69. The van der Waals surface area contributed by atoms with Crippen molar-refractivity contribution in [1.82, 2.24) is 10.2 Å². The van der Waals surface area contributed by atoms with E-state index in [0.717, 1.165) is 23.2 Å². The third-order valence-electron chi connectivity index (χ3n) is 4.69. The Bertz CT molecular complexity index is 675. The van der Waals surface area contributed by atoms with Crippen molar-refractivity contribution < 1.29 is 19.1 Å². The first-order valence-electron chi connectivity index (χ1n) is 9.11. The molecule has 1 aromatic carbocycles. The summed E-state index contributed by atoms with van der Waals surface area (Å²) in [5.41, 5.74) is 2.88. The molecule has 27 heavy (non-hydrogen) atoms. The maximum atomic E-state index is 12.3. The zero-order valence-electron chi connectivity index (χ0n) is 17.1. The minimum atomic E-state index is -0.690. The zero-order valence-corrected chi connectivity index (χ0v) is 17.1. The second kappa shape index (κ2) is 10.7. The number of hydrogen-bond acceptors (Lipinski definition) is 5. The van der Waals surface area contributed by atoms with E-state index < -0.39 is 12.0 Å². The number of esters is 1. The summed E-state index contributed by atoms with van der Waals surface area (Å²) in [6, 6.07) is 5.03. The maximum absolute atomic E-state index is 12.3. The standard InChI is InChI=1S/C20H31N3O4/c1-7-13(2)19(20(26)27-6)22-18(25)12-23(5)11-17(24)21-16-10-8-9-14(3)15(16)4/h8-10,13,19H,7,11-12H2,1-6H3,(H,21,24)(H,22,25)/t13-,19-/m1/s1. The molecular formula is C20H31N3O4. The van der Waals surface area contributed by atoms with Gasteiger partial charge in [0.15, 0.2) is 0 Å². The highest BCUT2D eigenvalue weighted by Gasteiger charge is 2.27. The second-order valence-corrected chi connectivity index (χ2v) is 6.92. The van der Waals surface area contributed by atoms with Crippen LogP contribution < -0.4 is 10.6 Å². The van der Waals surface area contributed by atoms with Crippen LogP contribution in [0.4, 0.5) is 5.69 Å². The van der Waals surface area contributed by atoms with Crippen molar-refractivity contribution in [1.29, 1.82) is 0 Å². The lowest BCUT2D eigenvalue weighted by Gasteiger charge is -2.23. The zero-order chi connectivity index (χ0) is 20.6. The summed E-state index contributed by atoms with van der Waals surface area (Å²) < 4.78 is 4.76. The molecule has 0 heterocycles. The molecule has 150 valence electrons. The van der Waals surface area contributed by atoms with Crippen LogP contribution in [0.15, 0.2) is 18.2 Å². The number of nitrogens with one attached hydrogen (secondary N) is 2. The number of hydrogen-bond donors (Lipinski definition) is 2. The Morgan fingerprint density at radius 2 is 1.78 bits per heavy atom. The predicted molar refractivity (Wildman–Crippen MR) is 105 cm³/mol. The SMILES string of the molecule is CC[C@@H](C)[C@@H](NC(=O)CN(C)CC(=O)Nc1cccc(C)c1C)C(=O)OC. The number of rotatable bonds is 9. The van der Waals surface area contributed by atoms with Gasteiger partial charge in [-0.05, 0) is 44.0 Å². The molecule has 0 fully saturated rings. The van der Waals surface area contributed by atoms with Gasteiger partial charge in [-0.2, -0.15) is 0 Å². The Kier molecular flexibility index (Phi) is 8.94. The van der Waals surface area contributed by atoms with E-state index in [2.05, 4.69) is 10.6 Å². The third kappa shape index (κ3) is 7.02. The number of ether oxygens (including phenoxy) is 1. The van der Waals surface area contributed by atoms with Gasteiger partial charge in [0.05, 0.1) is 20.2 Å². The van der Waals surface area contributed by atoms with Gasteiger partial charge in [-0.15, -0.1) is 0 Å². The lowest BCUT2D eigenvalue weighted by Crippen LogP contribution is -2.49. The van der Waals surface area contributed by atoms with Gasteiger partial charge >= 0.3 is 5.97 Å². The van der Waals surface area contributed by atoms with Crippen molar-refractivity contribution in [3.8, 4) is 0 Å². The number of methoxy groups -OCH3 is 1. The summed E-state index contributed by atoms with van der Waals surface area (Å²) in [6.45, 7) is 7.82. The topological polar surface area (TPSA) is 87.7 Å². The highest BCUT2D eigenvalue weighted by Crippen LogP contribution is 2.17. The molecule has 0 saturated heterocycles. The first-order valence-corrected chi connectivity index (χ1v) is 9.11. The summed E-state index contributed by atoms with van der Waals surface area (Å²) in [6.07, 6.45) is 0.730. The molecule has 7 heteroatoms. The van der Waals surface area contributed by atoms with Gasteiger partial charge in [0.25, 0.3) is 0 Å². The van der Waals surface area contributed by atoms with Crippen LogP contribution in [0.2, 0.25) is 0 Å². The molecule has 0 spiro atoms. The van der Waals surface area contributed by atoms with Crippen LogP contribution in [-0.4, -0.2) is 56.0 Å². The first kappa shape index (κ1) is 22.6. The number of amides is 2. The van der Waals surface area contributed by atoms with Gasteiger partial charge in [-0.3, -0.25) is 14.5 Å². The minimum absolute atomic E-state index is 0.00412. The molecule has 2 atom stereocenters. The Labute approximate surface area is 161 Å². The van der Waals surface area contributed by atoms with E-state index in [4.69, 9.17) is 4.74 Å². The maximum Gasteiger partial charge on any atom is 0.328 e. The van der Waals surface area contributed by atoms with E-state index in [0.29, 0.717) is 0 Å². The summed E-state index contributed by atoms with van der Waals surface area (Å²) in [4.78, 5) is 37.9. The van der Waals surface area contributed by atoms with E-state index in [1.54, 1.807) is 11.9 Å². The molecule has 0 aromatic heterocycles. The monoisotopic (exact) mass is 377 g/mol. The number of carbonyl (C=O) groups is 3. The van der Waals surface area contributed by atoms with Gasteiger partial charge < -0.3 is 15.4 Å². The summed E-state index contributed by atoms with van der Waals surface area (Å²) >= 11 is 0. The molecule has 0 bridgehead atoms. The van der Waals surface area contributed by atoms with Crippen LogP contribution in [0.3, 0.4) is 0 Å². The molecule has 2 N–H and O–H groups in total. The number of aryl methyl sites for hydroxylation is 1. The van der Waals surface area contributed by atoms with E-state index in [9.17, 15) is 14.4 Å². The van der Waals surface area contributed by atoms with Crippen molar-refractivity contribution in [2.75, 3.05) is 32.6 Å². The molecular weight excluding hydrogens is 346 g/mol. The Balaban J connectivity index is 2.58. The summed E-state index contributed by atoms with van der Waals surface area (Å²) in [5.74, 6) is -1.04. The normalized spacial score (nSPS) is 13.0. The van der Waals surface area contributed by atoms with Gasteiger partial charge in [0.2, 0.25) is 11.8 Å². The molecule has 0 aliphatic rings. The number of benzene rings is 1. The quantitative estimate of drug-likeness (QED) is 0.642. The lowest BCUT2D eigenvalue weighted by molar-refractivity contribution is -0.146. The van der Waals surface area contributed by atoms with Crippen LogP contribution in [-0.2, 0) is 19.1 Å². The summed E-state index contributed by atoms with van der Waals surface area (Å²) in [7, 11) is 2.98. The van der Waals surface area contributed by atoms with Crippen molar-refractivity contribution in [2.24, 2.45) is 5.92 Å². The number of nitrogens with zero attached hydrogens (tertiary/aromatic N) is 1. The van der Waals surface area contributed by atoms with Gasteiger partial charge in [-0.1, -0.05) is 32.4 Å². The molecule has 0 aliphatic carbocycles. The molecule has 0 aliphatic heterocycles. The number of anilines is 1. The molecule has 7 nitrogen and oxygen atoms in total. The Morgan fingerprint density at radius 1 is 1.15 bits per heavy atom. The highest BCUT2D eigenvalue weighted by molar-refractivity contribution is 5.93. The Morgan fingerprint density at radius 3 is 2.37 bits per heavy atom. The van der Waals surface area contributed by atoms with Crippen LogP contribution in [0.25, 0.3) is 0 Å². The van der Waals surface area contributed by atoms with Crippen LogP contribution in [0.5, 0.6) is 0 Å². The van der Waals surface area contributed by atoms with Gasteiger partial charge in [0, 0.05) is 5.69 Å². The van der Waals surface area contributed by atoms with Crippen LogP contribution in [0.1, 0.15) is 31.4 Å². The van der Waals surface area contributed by atoms with Crippen molar-refractivity contribution >= 4 is 23.5 Å². The molecule has 0 radical (unpaired) electrons. The fourth-order valence-corrected chi connectivity index (χ4v) is 2.64. The molecule has 1 aromatic rings. The largest absolute Gasteiger partial charge is 0.467 e. The second-order valence-electron chi connectivity index (χ2n) is 6.92. The fraction of sp³-hybridized carbons (Fsp3) is 0.550. The highest BCUT2D eigenvalue weighted by atomic mass is 16.5. The van der Waals surface area contributed by atoms with Crippen molar-refractivity contribution in [3.63, 3.8) is 0 Å². The van der Waals surface area contributed by atoms with E-state index in [-0.39, 0.29) is 30.8 Å². The van der Waals surface area contributed by atoms with E-state index >= 15 is 0 Å². The van der Waals surface area contributed by atoms with Gasteiger partial charge in [-0.25, -0.2) is 4.79 Å². The summed E-state index contributed by atoms with van der Waals surface area (Å²) in [5, 5.41) is 5.57. The number of carbonyl (C=O) groups excluding carboxylic acids is 3. The van der Waals surface area contributed by atoms with Crippen LogP contribution >= 0.6 is 0 Å². The average molecular weight is 377 g/mol. The smallest absolute Gasteiger partial charge is 0.328 e.